The van der Waals surface area contributed by atoms with E-state index in [2.05, 4.69) is 39.1 Å². The van der Waals surface area contributed by atoms with Gasteiger partial charge in [-0.05, 0) is 104 Å². The van der Waals surface area contributed by atoms with Crippen LogP contribution < -0.4 is 18.9 Å². The van der Waals surface area contributed by atoms with Gasteiger partial charge in [-0.3, -0.25) is 14.7 Å². The van der Waals surface area contributed by atoms with E-state index in [0.29, 0.717) is 37.9 Å². The molecular weight excluding hydrogens is 673 g/mol. The zero-order valence-corrected chi connectivity index (χ0v) is 31.1. The molecule has 3 heterocycles. The Kier molecular flexibility index (Phi) is 12.6. The maximum absolute atomic E-state index is 13.1. The first-order valence-electron chi connectivity index (χ1n) is 17.7. The molecule has 3 aromatic carbocycles. The molecule has 1 saturated heterocycles. The largest absolute Gasteiger partial charge is 0.493 e. The molecule has 2 aromatic heterocycles. The predicted molar refractivity (Wildman–Crippen MR) is 205 cm³/mol. The van der Waals surface area contributed by atoms with Crippen LogP contribution in [0.2, 0.25) is 0 Å². The molecule has 0 saturated carbocycles. The molecule has 9 nitrogen and oxygen atoms in total. The molecule has 0 atom stereocenters. The Bertz CT molecular complexity index is 1880. The number of carbonyl (C=O) groups is 1. The number of aryl methyl sites for hydroxylation is 2. The maximum Gasteiger partial charge on any atom is 0.246 e. The first kappa shape index (κ1) is 36.6. The van der Waals surface area contributed by atoms with E-state index in [9.17, 15) is 4.79 Å². The highest BCUT2D eigenvalue weighted by molar-refractivity contribution is 7.09. The van der Waals surface area contributed by atoms with E-state index >= 15 is 0 Å². The van der Waals surface area contributed by atoms with Crippen molar-refractivity contribution in [1.82, 2.24) is 19.8 Å². The van der Waals surface area contributed by atoms with Crippen LogP contribution in [0.25, 0.3) is 6.08 Å². The number of aromatic nitrogens is 2. The minimum absolute atomic E-state index is 0.0311. The number of pyridine rings is 1. The average Bonchev–Trinajstić information content (AvgIpc) is 3.67. The molecule has 52 heavy (non-hydrogen) atoms. The summed E-state index contributed by atoms with van der Waals surface area (Å²) in [6.07, 6.45) is 8.01. The smallest absolute Gasteiger partial charge is 0.246 e. The lowest BCUT2D eigenvalue weighted by Gasteiger charge is -2.34. The van der Waals surface area contributed by atoms with Crippen LogP contribution in [0.4, 0.5) is 0 Å². The second-order valence-corrected chi connectivity index (χ2v) is 14.1. The monoisotopic (exact) mass is 718 g/mol. The van der Waals surface area contributed by atoms with Crippen molar-refractivity contribution in [2.45, 2.75) is 53.4 Å². The van der Waals surface area contributed by atoms with Crippen LogP contribution in [0, 0.1) is 13.8 Å². The normalized spacial score (nSPS) is 13.4. The van der Waals surface area contributed by atoms with Gasteiger partial charge >= 0.3 is 0 Å². The van der Waals surface area contributed by atoms with Gasteiger partial charge in [0.15, 0.2) is 0 Å². The van der Waals surface area contributed by atoms with E-state index < -0.39 is 0 Å². The summed E-state index contributed by atoms with van der Waals surface area (Å²) in [7, 11) is 0. The number of amides is 1. The van der Waals surface area contributed by atoms with Crippen LogP contribution in [0.1, 0.15) is 46.5 Å². The lowest BCUT2D eigenvalue weighted by atomic mass is 10.1. The van der Waals surface area contributed by atoms with Crippen molar-refractivity contribution < 1.29 is 23.7 Å². The van der Waals surface area contributed by atoms with Crippen LogP contribution in [0.5, 0.6) is 28.9 Å². The van der Waals surface area contributed by atoms with E-state index in [-0.39, 0.29) is 12.0 Å². The summed E-state index contributed by atoms with van der Waals surface area (Å²) in [6, 6.07) is 24.2. The number of hydrogen-bond donors (Lipinski definition) is 0. The summed E-state index contributed by atoms with van der Waals surface area (Å²) in [5.74, 6) is 3.64. The molecule has 0 unspecified atom stereocenters. The van der Waals surface area contributed by atoms with Crippen molar-refractivity contribution in [2.75, 3.05) is 32.8 Å². The fourth-order valence-electron chi connectivity index (χ4n) is 5.97. The van der Waals surface area contributed by atoms with E-state index in [1.165, 1.54) is 11.1 Å². The molecule has 1 amide bonds. The van der Waals surface area contributed by atoms with Gasteiger partial charge in [-0.15, -0.1) is 11.3 Å². The minimum atomic E-state index is 0.0311. The van der Waals surface area contributed by atoms with Crippen LogP contribution in [0.15, 0.2) is 96.8 Å². The molecule has 0 radical (unpaired) electrons. The lowest BCUT2D eigenvalue weighted by molar-refractivity contribution is -0.127. The third kappa shape index (κ3) is 10.7. The molecule has 1 aliphatic heterocycles. The van der Waals surface area contributed by atoms with Crippen molar-refractivity contribution in [2.24, 2.45) is 0 Å². The summed E-state index contributed by atoms with van der Waals surface area (Å²) in [4.78, 5) is 26.9. The second-order valence-electron chi connectivity index (χ2n) is 13.2. The van der Waals surface area contributed by atoms with Gasteiger partial charge < -0.3 is 23.8 Å². The Morgan fingerprint density at radius 2 is 1.54 bits per heavy atom. The number of rotatable bonds is 15. The van der Waals surface area contributed by atoms with Crippen molar-refractivity contribution in [3.8, 4) is 28.9 Å². The Morgan fingerprint density at radius 1 is 0.846 bits per heavy atom. The molecule has 1 aliphatic rings. The van der Waals surface area contributed by atoms with E-state index in [0.717, 1.165) is 64.9 Å². The lowest BCUT2D eigenvalue weighted by Crippen LogP contribution is -2.47. The number of ether oxygens (including phenoxy) is 4. The topological polar surface area (TPSA) is 86.3 Å². The quantitative estimate of drug-likeness (QED) is 0.100. The minimum Gasteiger partial charge on any atom is -0.493 e. The van der Waals surface area contributed by atoms with Crippen LogP contribution in [0.3, 0.4) is 0 Å². The molecule has 0 aliphatic carbocycles. The average molecular weight is 719 g/mol. The molecule has 0 N–H and O–H groups in total. The van der Waals surface area contributed by atoms with Gasteiger partial charge in [0.1, 0.15) is 29.6 Å². The van der Waals surface area contributed by atoms with Gasteiger partial charge in [0, 0.05) is 57.5 Å². The maximum atomic E-state index is 13.1. The van der Waals surface area contributed by atoms with Crippen LogP contribution in [-0.2, 0) is 24.4 Å². The number of carbonyl (C=O) groups excluding carboxylic acids is 1. The van der Waals surface area contributed by atoms with Crippen LogP contribution in [-0.4, -0.2) is 64.6 Å². The first-order valence-corrected chi connectivity index (χ1v) is 18.6. The van der Waals surface area contributed by atoms with Crippen molar-refractivity contribution in [1.29, 1.82) is 0 Å². The number of hydrogen-bond acceptors (Lipinski definition) is 9. The van der Waals surface area contributed by atoms with Gasteiger partial charge in [0.05, 0.1) is 29.3 Å². The zero-order valence-electron chi connectivity index (χ0n) is 30.3. The summed E-state index contributed by atoms with van der Waals surface area (Å²) < 4.78 is 23.5. The number of thiazole rings is 1. The van der Waals surface area contributed by atoms with E-state index in [1.807, 2.05) is 81.1 Å². The van der Waals surface area contributed by atoms with Crippen molar-refractivity contribution in [3.05, 3.63) is 129 Å². The fourth-order valence-corrected chi connectivity index (χ4v) is 6.47. The van der Waals surface area contributed by atoms with Crippen LogP contribution >= 0.6 is 11.3 Å². The third-order valence-electron chi connectivity index (χ3n) is 8.65. The Labute approximate surface area is 310 Å². The summed E-state index contributed by atoms with van der Waals surface area (Å²) >= 11 is 1.55. The highest BCUT2D eigenvalue weighted by Crippen LogP contribution is 2.30. The van der Waals surface area contributed by atoms with Gasteiger partial charge in [-0.25, -0.2) is 4.98 Å². The molecule has 270 valence electrons. The Hall–Kier alpha value is -5.19. The summed E-state index contributed by atoms with van der Waals surface area (Å²) in [6.45, 7) is 13.1. The predicted octanol–water partition coefficient (Wildman–Crippen LogP) is 8.29. The summed E-state index contributed by atoms with van der Waals surface area (Å²) in [5.41, 5.74) is 7.19. The van der Waals surface area contributed by atoms with Crippen molar-refractivity contribution in [3.63, 3.8) is 0 Å². The molecule has 0 spiro atoms. The Morgan fingerprint density at radius 3 is 2.19 bits per heavy atom. The number of benzene rings is 3. The zero-order chi connectivity index (χ0) is 36.3. The third-order valence-corrected chi connectivity index (χ3v) is 9.40. The van der Waals surface area contributed by atoms with E-state index in [4.69, 9.17) is 18.9 Å². The SMILES string of the molecule is Cc1cc(C=CC(=O)N2CCN(Cc3ccc(CCOc4ccc(OC(C)C)cc4)cc3)CC2)cc(C)c1Oc1ccc(OCc2cncs2)cn1. The Balaban J connectivity index is 0.915. The molecule has 5 aromatic rings. The van der Waals surface area contributed by atoms with Crippen molar-refractivity contribution >= 4 is 23.3 Å². The second kappa shape index (κ2) is 17.8. The molecule has 10 heteroatoms. The highest BCUT2D eigenvalue weighted by Gasteiger charge is 2.20. The first-order chi connectivity index (χ1) is 25.3. The van der Waals surface area contributed by atoms with Gasteiger partial charge in [-0.2, -0.15) is 0 Å². The fraction of sp³-hybridized carbons (Fsp3) is 0.310. The number of nitrogens with zero attached hydrogens (tertiary/aromatic N) is 4. The number of piperazine rings is 1. The standard InChI is InChI=1S/C42H46N4O5S/c1-30(2)50-37-12-10-36(11-13-37)48-22-17-33-5-7-34(8-6-33)27-45-18-20-46(21-19-45)41(47)16-9-35-23-31(3)42(32(4)24-35)51-40-15-14-38(25-44-40)49-28-39-26-43-29-52-39/h5-16,23-26,29-30H,17-22,27-28H2,1-4H3. The molecule has 1 fully saturated rings. The molecular formula is C42H46N4O5S. The molecule has 6 rings (SSSR count). The molecule has 0 bridgehead atoms. The highest BCUT2D eigenvalue weighted by atomic mass is 32.1. The van der Waals surface area contributed by atoms with Gasteiger partial charge in [-0.1, -0.05) is 24.3 Å². The summed E-state index contributed by atoms with van der Waals surface area (Å²) in [5, 5.41) is 0. The van der Waals surface area contributed by atoms with Gasteiger partial charge in [0.25, 0.3) is 0 Å². The van der Waals surface area contributed by atoms with Gasteiger partial charge in [0.2, 0.25) is 11.8 Å². The van der Waals surface area contributed by atoms with E-state index in [1.54, 1.807) is 41.4 Å².